The molecule has 2 amide bonds. The number of carboxylic acid groups (broad SMARTS) is 1. The van der Waals surface area contributed by atoms with Crippen LogP contribution < -0.4 is 10.4 Å². The molecule has 0 aromatic heterocycles. The molecule has 7 heteroatoms. The normalized spacial score (nSPS) is 22.3. The molecule has 1 aromatic carbocycles. The molecule has 0 spiro atoms. The molecule has 2 atom stereocenters. The van der Waals surface area contributed by atoms with Gasteiger partial charge in [-0.1, -0.05) is 23.8 Å². The maximum Gasteiger partial charge on any atom is 0.255 e. The first-order valence-corrected chi connectivity index (χ1v) is 9.60. The highest BCUT2D eigenvalue weighted by Crippen LogP contribution is 2.28. The Morgan fingerprint density at radius 2 is 1.70 bits per heavy atom. The minimum absolute atomic E-state index is 0.105. The maximum atomic E-state index is 12.6. The van der Waals surface area contributed by atoms with Gasteiger partial charge in [0.15, 0.2) is 0 Å². The summed E-state index contributed by atoms with van der Waals surface area (Å²) >= 11 is 6.28. The summed E-state index contributed by atoms with van der Waals surface area (Å²) in [5.74, 6) is -3.24. The Labute approximate surface area is 163 Å². The van der Waals surface area contributed by atoms with E-state index in [4.69, 9.17) is 11.6 Å². The molecule has 1 heterocycles. The number of hydrogen-bond acceptors (Lipinski definition) is 4. The quantitative estimate of drug-likeness (QED) is 0.799. The van der Waals surface area contributed by atoms with Crippen molar-refractivity contribution in [3.8, 4) is 0 Å². The number of amides is 2. The third kappa shape index (κ3) is 4.50. The monoisotopic (exact) mass is 389 g/mol. The molecule has 0 bridgehead atoms. The Bertz CT molecular complexity index is 771. The summed E-state index contributed by atoms with van der Waals surface area (Å²) in [6, 6.07) is 4.75. The van der Waals surface area contributed by atoms with Gasteiger partial charge in [-0.2, -0.15) is 0 Å². The van der Waals surface area contributed by atoms with Gasteiger partial charge >= 0.3 is 0 Å². The number of nitrogens with one attached hydrogen (secondary N) is 1. The molecule has 0 unspecified atom stereocenters. The third-order valence-electron chi connectivity index (χ3n) is 5.18. The fourth-order valence-electron chi connectivity index (χ4n) is 3.63. The number of carbonyl (C=O) groups excluding carboxylic acids is 3. The zero-order valence-electron chi connectivity index (χ0n) is 14.9. The lowest BCUT2D eigenvalue weighted by molar-refractivity contribution is -0.313. The summed E-state index contributed by atoms with van der Waals surface area (Å²) < 4.78 is 0. The molecule has 1 fully saturated rings. The number of nitrogens with zero attached hydrogens (tertiary/aromatic N) is 1. The molecule has 6 nitrogen and oxygen atoms in total. The van der Waals surface area contributed by atoms with Crippen molar-refractivity contribution in [1.29, 1.82) is 0 Å². The first-order valence-electron chi connectivity index (χ1n) is 9.23. The van der Waals surface area contributed by atoms with Crippen LogP contribution >= 0.6 is 11.6 Å². The Morgan fingerprint density at radius 1 is 1.04 bits per heavy atom. The van der Waals surface area contributed by atoms with Crippen LogP contribution in [0.2, 0.25) is 5.02 Å². The van der Waals surface area contributed by atoms with E-state index in [1.807, 2.05) is 0 Å². The van der Waals surface area contributed by atoms with Gasteiger partial charge in [0.05, 0.1) is 16.5 Å². The minimum Gasteiger partial charge on any atom is -0.550 e. The second-order valence-corrected chi connectivity index (χ2v) is 7.42. The Morgan fingerprint density at radius 3 is 2.33 bits per heavy atom. The largest absolute Gasteiger partial charge is 0.550 e. The molecule has 2 aliphatic rings. The van der Waals surface area contributed by atoms with E-state index in [0.717, 1.165) is 32.4 Å². The SMILES string of the molecule is O=C([O-])[C@H]1CC=CC[C@@H]1C(=O)Nc1ccc(C(=O)N2CCCCC2)c(Cl)c1. The van der Waals surface area contributed by atoms with E-state index in [1.54, 1.807) is 29.2 Å². The number of rotatable bonds is 4. The third-order valence-corrected chi connectivity index (χ3v) is 5.49. The summed E-state index contributed by atoms with van der Waals surface area (Å²) in [6.45, 7) is 1.46. The second-order valence-electron chi connectivity index (χ2n) is 7.01. The number of aliphatic carboxylic acids is 1. The van der Waals surface area contributed by atoms with Crippen LogP contribution in [0.25, 0.3) is 0 Å². The van der Waals surface area contributed by atoms with Gasteiger partial charge in [0.2, 0.25) is 5.91 Å². The van der Waals surface area contributed by atoms with Crippen molar-refractivity contribution in [2.75, 3.05) is 18.4 Å². The van der Waals surface area contributed by atoms with E-state index >= 15 is 0 Å². The van der Waals surface area contributed by atoms with Crippen LogP contribution in [0.4, 0.5) is 5.69 Å². The summed E-state index contributed by atoms with van der Waals surface area (Å²) in [4.78, 5) is 38.1. The van der Waals surface area contributed by atoms with Crippen molar-refractivity contribution in [1.82, 2.24) is 4.90 Å². The number of piperidine rings is 1. The van der Waals surface area contributed by atoms with Crippen LogP contribution in [0.5, 0.6) is 0 Å². The standard InChI is InChI=1S/C20H23ClN2O4/c21-17-12-13(8-9-16(17)19(25)23-10-4-1-5-11-23)22-18(24)14-6-2-3-7-15(14)20(26)27/h2-3,8-9,12,14-15H,1,4-7,10-11H2,(H,22,24)(H,26,27)/p-1/t14-,15-/m0/s1. The van der Waals surface area contributed by atoms with Gasteiger partial charge in [0.25, 0.3) is 5.91 Å². The summed E-state index contributed by atoms with van der Waals surface area (Å²) in [5, 5.41) is 14.2. The molecule has 1 aliphatic carbocycles. The number of carbonyl (C=O) groups is 3. The molecule has 144 valence electrons. The predicted octanol–water partition coefficient (Wildman–Crippen LogP) is 2.24. The van der Waals surface area contributed by atoms with E-state index in [-0.39, 0.29) is 23.3 Å². The van der Waals surface area contributed by atoms with Crippen LogP contribution in [-0.2, 0) is 9.59 Å². The molecule has 3 rings (SSSR count). The van der Waals surface area contributed by atoms with Gasteiger partial charge in [-0.3, -0.25) is 9.59 Å². The van der Waals surface area contributed by atoms with E-state index in [1.165, 1.54) is 6.07 Å². The van der Waals surface area contributed by atoms with Gasteiger partial charge in [-0.25, -0.2) is 0 Å². The van der Waals surface area contributed by atoms with Gasteiger partial charge in [0, 0.05) is 30.7 Å². The van der Waals surface area contributed by atoms with Gasteiger partial charge in [-0.05, 0) is 50.3 Å². The molecule has 0 saturated carbocycles. The van der Waals surface area contributed by atoms with Crippen LogP contribution in [0.3, 0.4) is 0 Å². The highest BCUT2D eigenvalue weighted by Gasteiger charge is 2.30. The van der Waals surface area contributed by atoms with E-state index in [9.17, 15) is 19.5 Å². The van der Waals surface area contributed by atoms with Crippen molar-refractivity contribution in [3.63, 3.8) is 0 Å². The number of anilines is 1. The fraction of sp³-hybridized carbons (Fsp3) is 0.450. The number of halogens is 1. The van der Waals surface area contributed by atoms with Crippen LogP contribution in [-0.4, -0.2) is 35.8 Å². The van der Waals surface area contributed by atoms with Crippen molar-refractivity contribution < 1.29 is 19.5 Å². The van der Waals surface area contributed by atoms with Crippen LogP contribution in [0, 0.1) is 11.8 Å². The lowest BCUT2D eigenvalue weighted by Crippen LogP contribution is -2.41. The summed E-state index contributed by atoms with van der Waals surface area (Å²) in [6.07, 6.45) is 7.30. The van der Waals surface area contributed by atoms with Crippen molar-refractivity contribution >= 4 is 35.1 Å². The van der Waals surface area contributed by atoms with Crippen LogP contribution in [0.1, 0.15) is 42.5 Å². The van der Waals surface area contributed by atoms with Crippen LogP contribution in [0.15, 0.2) is 30.4 Å². The lowest BCUT2D eigenvalue weighted by atomic mass is 9.82. The summed E-state index contributed by atoms with van der Waals surface area (Å²) in [7, 11) is 0. The zero-order valence-corrected chi connectivity index (χ0v) is 15.7. The number of allylic oxidation sites excluding steroid dienone is 2. The molecule has 1 aliphatic heterocycles. The van der Waals surface area contributed by atoms with Crippen molar-refractivity contribution in [2.45, 2.75) is 32.1 Å². The number of hydrogen-bond donors (Lipinski definition) is 1. The van der Waals surface area contributed by atoms with Crippen molar-refractivity contribution in [2.24, 2.45) is 11.8 Å². The second kappa shape index (κ2) is 8.57. The average Bonchev–Trinajstić information content (AvgIpc) is 2.68. The zero-order chi connectivity index (χ0) is 19.4. The van der Waals surface area contributed by atoms with Gasteiger partial charge in [-0.15, -0.1) is 0 Å². The van der Waals surface area contributed by atoms with Gasteiger partial charge < -0.3 is 20.1 Å². The molecule has 0 radical (unpaired) electrons. The minimum atomic E-state index is -1.22. The molecular weight excluding hydrogens is 368 g/mol. The summed E-state index contributed by atoms with van der Waals surface area (Å²) in [5.41, 5.74) is 0.844. The Balaban J connectivity index is 1.70. The molecule has 1 saturated heterocycles. The molecular formula is C20H22ClN2O4-. The van der Waals surface area contributed by atoms with Crippen molar-refractivity contribution in [3.05, 3.63) is 40.9 Å². The fourth-order valence-corrected chi connectivity index (χ4v) is 3.89. The Kier molecular flexibility index (Phi) is 6.16. The van der Waals surface area contributed by atoms with E-state index in [2.05, 4.69) is 5.32 Å². The smallest absolute Gasteiger partial charge is 0.255 e. The molecule has 1 aromatic rings. The molecule has 1 N–H and O–H groups in total. The molecule has 27 heavy (non-hydrogen) atoms. The topological polar surface area (TPSA) is 89.5 Å². The lowest BCUT2D eigenvalue weighted by Gasteiger charge is -2.28. The first-order chi connectivity index (χ1) is 13.0. The predicted molar refractivity (Wildman–Crippen MR) is 100 cm³/mol. The van der Waals surface area contributed by atoms with E-state index in [0.29, 0.717) is 17.7 Å². The highest BCUT2D eigenvalue weighted by atomic mass is 35.5. The number of carboxylic acids is 1. The maximum absolute atomic E-state index is 12.6. The average molecular weight is 390 g/mol. The Hall–Kier alpha value is -2.34. The highest BCUT2D eigenvalue weighted by molar-refractivity contribution is 6.34. The first kappa shape index (κ1) is 19.4. The number of likely N-dealkylation sites (tertiary alicyclic amines) is 1. The van der Waals surface area contributed by atoms with E-state index < -0.39 is 17.8 Å². The van der Waals surface area contributed by atoms with Gasteiger partial charge in [0.1, 0.15) is 0 Å². The number of benzene rings is 1.